The molecule has 0 aliphatic carbocycles. The number of phenolic OH excluding ortho intramolecular Hbond substituents is 2. The Balaban J connectivity index is 1.25. The van der Waals surface area contributed by atoms with E-state index in [9.17, 15) is 113 Å². The van der Waals surface area contributed by atoms with Gasteiger partial charge in [-0.1, -0.05) is 5.04 Å². The minimum Gasteiger partial charge on any atom is -0.505 e. The Morgan fingerprint density at radius 3 is 1.68 bits per heavy atom. The van der Waals surface area contributed by atoms with Gasteiger partial charge in [0.1, 0.15) is 58.6 Å². The summed E-state index contributed by atoms with van der Waals surface area (Å²) in [4.78, 5) is 14.8. The maximum atomic E-state index is 13.2. The van der Waals surface area contributed by atoms with Crippen molar-refractivity contribution in [1.29, 1.82) is 0 Å². The number of benzene rings is 7. The highest BCUT2D eigenvalue weighted by Crippen LogP contribution is 2.51. The van der Waals surface area contributed by atoms with Crippen LogP contribution in [0.3, 0.4) is 0 Å². The quantitative estimate of drug-likeness (QED) is 0.00648. The fraction of sp³-hybridized carbons (Fsp3) is 0.0233. The van der Waals surface area contributed by atoms with E-state index in [0.29, 0.717) is 47.1 Å². The highest BCUT2D eigenvalue weighted by atomic mass is 32.2. The molecule has 13 N–H and O–H groups in total. The van der Waals surface area contributed by atoms with Crippen molar-refractivity contribution in [2.24, 2.45) is 40.9 Å². The fourth-order valence-corrected chi connectivity index (χ4v) is 12.5. The van der Waals surface area contributed by atoms with Crippen LogP contribution in [0, 0.1) is 17.0 Å². The SMILES string of the molecule is Cc1cc(S(=O)(=O)O)c(/N=N/c2c(C(=O)O)nn(-c3ccc(S(=O)(=O)O)cc3)c2O)cc1N=Nc1c(S(=O)(=O)O)cc2c(S(=O)(=O)O)c(N=Nc3cc(S(=O)(=O)O)c4cc(SOOO)c(N=Nc5ccc([N+](=O)[O-])cc5S(=O)(=O)O)c(O)c4c3N)ccc2c1O. The molecule has 0 aliphatic heterocycles. The van der Waals surface area contributed by atoms with Gasteiger partial charge in [-0.2, -0.15) is 65.4 Å². The van der Waals surface area contributed by atoms with Gasteiger partial charge in [0, 0.05) is 28.3 Å². The molecule has 0 radical (unpaired) electrons. The number of carboxylic acid groups (broad SMARTS) is 1. The summed E-state index contributed by atoms with van der Waals surface area (Å²) in [6.45, 7) is 1.12. The second-order valence-electron chi connectivity index (χ2n) is 17.5. The van der Waals surface area contributed by atoms with E-state index in [4.69, 9.17) is 11.0 Å². The van der Waals surface area contributed by atoms with Crippen molar-refractivity contribution >= 4 is 157 Å². The van der Waals surface area contributed by atoms with E-state index < -0.39 is 207 Å². The number of aromatic nitrogens is 2. The molecule has 0 unspecified atom stereocenters. The van der Waals surface area contributed by atoms with Crippen molar-refractivity contribution in [3.05, 3.63) is 106 Å². The number of carboxylic acids is 1. The summed E-state index contributed by atoms with van der Waals surface area (Å²) in [6, 6.07) is 9.71. The number of rotatable bonds is 20. The lowest BCUT2D eigenvalue weighted by Crippen LogP contribution is -2.03. The Kier molecular flexibility index (Phi) is 17.8. The number of nitro groups is 1. The molecular weight excluding hydrogens is 1360 g/mol. The average Bonchev–Trinajstić information content (AvgIpc) is 0.943. The zero-order valence-corrected chi connectivity index (χ0v) is 49.0. The maximum absolute atomic E-state index is 13.2. The summed E-state index contributed by atoms with van der Waals surface area (Å²) in [7, 11) is -32.4. The molecule has 90 heavy (non-hydrogen) atoms. The number of nitrogens with two attached hydrogens (primary N) is 1. The summed E-state index contributed by atoms with van der Waals surface area (Å²) >= 11 is -0.0546. The number of fused-ring (bicyclic) bond motifs is 2. The van der Waals surface area contributed by atoms with Gasteiger partial charge in [-0.25, -0.2) is 10.1 Å². The number of hydrogen-bond donors (Lipinski definition) is 12. The van der Waals surface area contributed by atoms with Gasteiger partial charge in [0.05, 0.1) is 49.2 Å². The number of carbonyl (C=O) groups is 1. The van der Waals surface area contributed by atoms with Crippen LogP contribution in [-0.4, -0.2) is 124 Å². The number of azo groups is 4. The van der Waals surface area contributed by atoms with E-state index in [-0.39, 0.29) is 23.3 Å². The van der Waals surface area contributed by atoms with Crippen molar-refractivity contribution in [3.63, 3.8) is 0 Å². The highest BCUT2D eigenvalue weighted by Gasteiger charge is 2.31. The number of aromatic hydroxyl groups is 3. The molecule has 472 valence electrons. The van der Waals surface area contributed by atoms with Crippen molar-refractivity contribution in [1.82, 2.24) is 9.78 Å². The van der Waals surface area contributed by atoms with Crippen LogP contribution >= 0.6 is 12.0 Å². The van der Waals surface area contributed by atoms with Crippen LogP contribution in [0.2, 0.25) is 0 Å². The van der Waals surface area contributed by atoms with E-state index in [1.807, 2.05) is 0 Å². The molecule has 0 saturated heterocycles. The van der Waals surface area contributed by atoms with E-state index in [0.717, 1.165) is 49.4 Å². The van der Waals surface area contributed by atoms with E-state index >= 15 is 0 Å². The van der Waals surface area contributed by atoms with Gasteiger partial charge in [-0.15, -0.1) is 40.1 Å². The first-order valence-electron chi connectivity index (χ1n) is 22.8. The minimum atomic E-state index is -5.77. The number of phenols is 2. The number of nitrogens with zero attached hydrogens (tertiary/aromatic N) is 11. The number of anilines is 1. The zero-order chi connectivity index (χ0) is 66.7. The first kappa shape index (κ1) is 66.4. The van der Waals surface area contributed by atoms with Crippen LogP contribution in [0.15, 0.2) is 160 Å². The molecule has 0 fully saturated rings. The summed E-state index contributed by atoms with van der Waals surface area (Å²) in [5, 5.41) is 97.4. The number of aromatic carboxylic acids is 1. The molecular formula is C43H30N12O28S7. The smallest absolute Gasteiger partial charge is 0.358 e. The molecule has 8 rings (SSSR count). The Morgan fingerprint density at radius 1 is 0.567 bits per heavy atom. The molecule has 1 heterocycles. The standard InChI is InChI=1S/C43H30N12O28S7/c1-16-10-30(87(70,71)72)26(48-52-37-38(43(59)60)53-54(42(37)58)17-2-5-19(6-3-17)85(64,65)66)14-25(16)47-51-36-32(89(76,77)78)13-21-20(39(36)56)7-9-24(41(21)90(79,80)81)46-49-27-15-29(86(67,68)69)22-12-28(84-83-82-63)35(40(57)33(22)34(27)44)50-45-23-8-4-18(55(61)62)11-31(23)88(73,74)75/h2-15,56-58,63H,44H2,1H3,(H,59,60)(H,64,65,66)(H,67,68,69)(H,70,71,72)(H,73,74,75)(H,76,77,78)(H,79,80,81)/b49-46?,50-45?,51-47?,52-48+. The lowest BCUT2D eigenvalue weighted by atomic mass is 10.0. The van der Waals surface area contributed by atoms with Crippen molar-refractivity contribution < 1.29 is 123 Å². The molecule has 0 atom stereocenters. The molecule has 0 aliphatic rings. The van der Waals surface area contributed by atoms with Gasteiger partial charge in [0.25, 0.3) is 66.4 Å². The lowest BCUT2D eigenvalue weighted by molar-refractivity contribution is -0.432. The Bertz CT molecular complexity index is 5300. The van der Waals surface area contributed by atoms with Crippen LogP contribution in [0.5, 0.6) is 17.4 Å². The van der Waals surface area contributed by atoms with E-state index in [2.05, 4.69) is 55.4 Å². The van der Waals surface area contributed by atoms with Crippen molar-refractivity contribution in [2.75, 3.05) is 5.73 Å². The zero-order valence-electron chi connectivity index (χ0n) is 43.3. The largest absolute Gasteiger partial charge is 0.505 e. The van der Waals surface area contributed by atoms with Gasteiger partial charge < -0.3 is 26.2 Å². The van der Waals surface area contributed by atoms with Crippen molar-refractivity contribution in [2.45, 2.75) is 41.2 Å². The van der Waals surface area contributed by atoms with Gasteiger partial charge in [-0.3, -0.25) is 37.4 Å². The van der Waals surface area contributed by atoms with Gasteiger partial charge in [0.15, 0.2) is 17.2 Å². The summed E-state index contributed by atoms with van der Waals surface area (Å²) in [5.41, 5.74) is -4.27. The third-order valence-electron chi connectivity index (χ3n) is 11.9. The predicted molar refractivity (Wildman–Crippen MR) is 298 cm³/mol. The maximum Gasteiger partial charge on any atom is 0.358 e. The van der Waals surface area contributed by atoms with Crippen LogP contribution in [0.4, 0.5) is 56.9 Å². The number of non-ortho nitro benzene ring substituents is 1. The normalized spacial score (nSPS) is 13.1. The topological polar surface area (TPSA) is 649 Å². The van der Waals surface area contributed by atoms with Gasteiger partial charge in [0.2, 0.25) is 11.6 Å². The molecule has 0 bridgehead atoms. The van der Waals surface area contributed by atoms with Crippen LogP contribution in [0.1, 0.15) is 16.1 Å². The van der Waals surface area contributed by atoms with E-state index in [1.54, 1.807) is 0 Å². The molecule has 0 amide bonds. The first-order valence-corrected chi connectivity index (χ1v) is 32.2. The molecule has 0 saturated carbocycles. The van der Waals surface area contributed by atoms with Crippen molar-refractivity contribution in [3.8, 4) is 23.1 Å². The molecule has 8 aromatic rings. The van der Waals surface area contributed by atoms with Gasteiger partial charge in [-0.05, 0) is 85.3 Å². The third-order valence-corrected chi connectivity index (χ3v) is 17.9. The van der Waals surface area contributed by atoms with Crippen LogP contribution < -0.4 is 5.73 Å². The minimum absolute atomic E-state index is 0.0546. The van der Waals surface area contributed by atoms with Gasteiger partial charge >= 0.3 is 5.97 Å². The molecule has 47 heteroatoms. The summed E-state index contributed by atoms with van der Waals surface area (Å²) < 4.78 is 216. The number of hydrogen-bond acceptors (Lipinski definition) is 32. The second kappa shape index (κ2) is 24.1. The molecule has 7 aromatic carbocycles. The van der Waals surface area contributed by atoms with Crippen LogP contribution in [0.25, 0.3) is 27.2 Å². The Hall–Kier alpha value is -9.57. The number of nitro benzene ring substituents is 1. The van der Waals surface area contributed by atoms with E-state index in [1.165, 1.54) is 0 Å². The summed E-state index contributed by atoms with van der Waals surface area (Å²) in [6.07, 6.45) is 0. The Labute approximate surface area is 504 Å². The number of aryl methyl sites for hydroxylation is 1. The predicted octanol–water partition coefficient (Wildman–Crippen LogP) is 8.36. The first-order chi connectivity index (χ1) is 41.6. The molecule has 40 nitrogen and oxygen atoms in total. The molecule has 0 spiro atoms. The monoisotopic (exact) mass is 1390 g/mol. The number of nitrogen functional groups attached to an aromatic ring is 1. The summed E-state index contributed by atoms with van der Waals surface area (Å²) in [5.74, 6) is -5.60. The lowest BCUT2D eigenvalue weighted by Gasteiger charge is -2.15. The average molecular weight is 1390 g/mol. The third kappa shape index (κ3) is 13.5. The fourth-order valence-electron chi connectivity index (χ4n) is 7.99. The molecule has 1 aromatic heterocycles. The second-order valence-corrected chi connectivity index (χ2v) is 26.6. The van der Waals surface area contributed by atoms with Crippen LogP contribution in [-0.2, 0) is 70.1 Å². The highest BCUT2D eigenvalue weighted by molar-refractivity contribution is 7.94. The Morgan fingerprint density at radius 2 is 1.11 bits per heavy atom.